The van der Waals surface area contributed by atoms with Crippen molar-refractivity contribution in [1.29, 1.82) is 0 Å². The summed E-state index contributed by atoms with van der Waals surface area (Å²) in [5.41, 5.74) is -0.588. The van der Waals surface area contributed by atoms with Crippen molar-refractivity contribution in [3.63, 3.8) is 0 Å². The molecule has 94 valence electrons. The lowest BCUT2D eigenvalue weighted by molar-refractivity contribution is -0.263. The average Bonchev–Trinajstić information content (AvgIpc) is 2.33. The molecule has 3 nitrogen and oxygen atoms in total. The van der Waals surface area contributed by atoms with E-state index in [0.717, 1.165) is 0 Å². The minimum atomic E-state index is -2.81. The number of rotatable bonds is 1. The Morgan fingerprint density at radius 3 is 2.76 bits per heavy atom. The molecule has 0 unspecified atom stereocenters. The number of hydrogen-bond acceptors (Lipinski definition) is 3. The molecule has 1 aromatic rings. The van der Waals surface area contributed by atoms with Gasteiger partial charge >= 0.3 is 0 Å². The first-order valence-electron chi connectivity index (χ1n) is 7.33. The predicted octanol–water partition coefficient (Wildman–Crippen LogP) is 2.27. The van der Waals surface area contributed by atoms with E-state index in [9.17, 15) is 5.11 Å². The highest BCUT2D eigenvalue weighted by atomic mass is 35.5. The van der Waals surface area contributed by atoms with Crippen molar-refractivity contribution < 1.29 is 15.3 Å². The molecule has 0 radical (unpaired) electrons. The second-order valence-electron chi connectivity index (χ2n) is 4.82. The molecular weight excluding hydrogens is 238 g/mol. The number of aliphatic hydroxyl groups is 1. The van der Waals surface area contributed by atoms with Gasteiger partial charge in [0, 0.05) is 20.2 Å². The van der Waals surface area contributed by atoms with Crippen LogP contribution < -0.4 is 5.32 Å². The molecule has 1 fully saturated rings. The van der Waals surface area contributed by atoms with Gasteiger partial charge in [-0.15, -0.1) is 0 Å². The van der Waals surface area contributed by atoms with E-state index in [1.54, 1.807) is 13.8 Å². The molecule has 4 heteroatoms. The molecular formula is C13H18ClNO2. The summed E-state index contributed by atoms with van der Waals surface area (Å²) in [6.07, 6.45) is 0. The fourth-order valence-electron chi connectivity index (χ4n) is 1.72. The molecule has 1 heterocycles. The van der Waals surface area contributed by atoms with E-state index in [1.165, 1.54) is 24.3 Å². The van der Waals surface area contributed by atoms with Gasteiger partial charge in [0.15, 0.2) is 0 Å². The normalized spacial score (nSPS) is 40.9. The zero-order valence-corrected chi connectivity index (χ0v) is 10.5. The lowest BCUT2D eigenvalue weighted by Gasteiger charge is -2.46. The third-order valence-corrected chi connectivity index (χ3v) is 2.93. The Balaban J connectivity index is 2.56. The third-order valence-electron chi connectivity index (χ3n) is 2.68. The van der Waals surface area contributed by atoms with Crippen molar-refractivity contribution in [3.05, 3.63) is 34.9 Å². The van der Waals surface area contributed by atoms with Crippen molar-refractivity contribution in [1.82, 2.24) is 5.32 Å². The van der Waals surface area contributed by atoms with Gasteiger partial charge in [-0.05, 0) is 32.8 Å². The minimum absolute atomic E-state index is 0.0584. The van der Waals surface area contributed by atoms with Crippen LogP contribution in [0.1, 0.15) is 31.7 Å². The lowest BCUT2D eigenvalue weighted by atomic mass is 9.93. The van der Waals surface area contributed by atoms with Crippen molar-refractivity contribution in [3.8, 4) is 0 Å². The first kappa shape index (κ1) is 8.48. The fraction of sp³-hybridized carbons (Fsp3) is 0.538. The second kappa shape index (κ2) is 4.25. The summed E-state index contributed by atoms with van der Waals surface area (Å²) in [7, 11) is 0. The maximum absolute atomic E-state index is 10.8. The van der Waals surface area contributed by atoms with Crippen molar-refractivity contribution in [2.45, 2.75) is 38.0 Å². The minimum Gasteiger partial charge on any atom is -0.361 e. The molecule has 1 saturated heterocycles. The van der Waals surface area contributed by atoms with E-state index in [-0.39, 0.29) is 12.2 Å². The molecule has 0 bridgehead atoms. The lowest BCUT2D eigenvalue weighted by Crippen LogP contribution is -2.63. The maximum atomic E-state index is 10.8. The van der Waals surface area contributed by atoms with Crippen LogP contribution in [0.2, 0.25) is 5.02 Å². The molecule has 0 aromatic heterocycles. The summed E-state index contributed by atoms with van der Waals surface area (Å²) in [6, 6.07) is 3.53. The Bertz CT molecular complexity index is 534. The number of nitrogens with one attached hydrogen (secondary N) is 1. The Morgan fingerprint density at radius 1 is 1.53 bits per heavy atom. The molecule has 1 aliphatic heterocycles. The Kier molecular flexibility index (Phi) is 2.12. The van der Waals surface area contributed by atoms with E-state index in [2.05, 4.69) is 5.32 Å². The van der Waals surface area contributed by atoms with Crippen molar-refractivity contribution in [2.24, 2.45) is 0 Å². The monoisotopic (exact) mass is 259 g/mol. The van der Waals surface area contributed by atoms with E-state index < -0.39 is 24.2 Å². The van der Waals surface area contributed by atoms with Crippen LogP contribution >= 0.6 is 11.6 Å². The number of morpholine rings is 1. The molecule has 0 saturated carbocycles. The van der Waals surface area contributed by atoms with Crippen LogP contribution in [-0.2, 0) is 10.5 Å². The topological polar surface area (TPSA) is 41.5 Å². The van der Waals surface area contributed by atoms with Crippen LogP contribution in [0.3, 0.4) is 0 Å². The summed E-state index contributed by atoms with van der Waals surface area (Å²) >= 11 is 5.81. The standard InChI is InChI=1S/C13H18ClNO2/c1-9-13(16,17-8-12(2,3)15-9)10-4-6-11(14)7-5-10/h4-7,9,15-16H,8H2,1-3H3/t9-,13+/m0/s1/i1D3,9D. The number of hydrogen-bond donors (Lipinski definition) is 2. The third kappa shape index (κ3) is 2.47. The largest absolute Gasteiger partial charge is 0.361 e. The molecule has 17 heavy (non-hydrogen) atoms. The van der Waals surface area contributed by atoms with E-state index in [1.807, 2.05) is 0 Å². The SMILES string of the molecule is [2H]C([2H])([2H])[C@]1([2H])NC(C)(C)CO[C@@]1(O)c1ccc(Cl)cc1. The van der Waals surface area contributed by atoms with Crippen LogP contribution in [0, 0.1) is 0 Å². The molecule has 0 amide bonds. The van der Waals surface area contributed by atoms with Gasteiger partial charge in [0.1, 0.15) is 0 Å². The average molecular weight is 260 g/mol. The van der Waals surface area contributed by atoms with Gasteiger partial charge < -0.3 is 15.2 Å². The maximum Gasteiger partial charge on any atom is 0.208 e. The molecule has 0 spiro atoms. The van der Waals surface area contributed by atoms with E-state index in [4.69, 9.17) is 21.8 Å². The Hall–Kier alpha value is -0.610. The summed E-state index contributed by atoms with van der Waals surface area (Å²) < 4.78 is 36.8. The van der Waals surface area contributed by atoms with E-state index >= 15 is 0 Å². The first-order valence-corrected chi connectivity index (χ1v) is 5.71. The van der Waals surface area contributed by atoms with Crippen LogP contribution in [0.25, 0.3) is 0 Å². The predicted molar refractivity (Wildman–Crippen MR) is 68.0 cm³/mol. The zero-order chi connectivity index (χ0) is 16.1. The molecule has 1 aromatic carbocycles. The van der Waals surface area contributed by atoms with Gasteiger partial charge in [-0.25, -0.2) is 0 Å². The first-order chi connectivity index (χ1) is 9.41. The quantitative estimate of drug-likeness (QED) is 0.813. The number of benzene rings is 1. The molecule has 2 rings (SSSR count). The van der Waals surface area contributed by atoms with Crippen molar-refractivity contribution in [2.75, 3.05) is 6.61 Å². The van der Waals surface area contributed by atoms with Gasteiger partial charge in [-0.1, -0.05) is 23.7 Å². The Labute approximate surface area is 112 Å². The summed E-state index contributed by atoms with van der Waals surface area (Å²) in [6.45, 7) is 0.675. The summed E-state index contributed by atoms with van der Waals surface area (Å²) in [4.78, 5) is 0. The molecule has 0 aliphatic carbocycles. The van der Waals surface area contributed by atoms with Crippen LogP contribution in [0.15, 0.2) is 24.3 Å². The van der Waals surface area contributed by atoms with Crippen LogP contribution in [0.5, 0.6) is 0 Å². The van der Waals surface area contributed by atoms with Gasteiger partial charge in [-0.3, -0.25) is 0 Å². The van der Waals surface area contributed by atoms with Gasteiger partial charge in [0.05, 0.1) is 14.0 Å². The second-order valence-corrected chi connectivity index (χ2v) is 5.26. The van der Waals surface area contributed by atoms with Crippen LogP contribution in [0.4, 0.5) is 0 Å². The zero-order valence-electron chi connectivity index (χ0n) is 13.7. The van der Waals surface area contributed by atoms with Crippen molar-refractivity contribution >= 4 is 11.6 Å². The Morgan fingerprint density at radius 2 is 2.18 bits per heavy atom. The smallest absolute Gasteiger partial charge is 0.208 e. The van der Waals surface area contributed by atoms with Gasteiger partial charge in [0.2, 0.25) is 5.79 Å². The van der Waals surface area contributed by atoms with Crippen LogP contribution in [-0.4, -0.2) is 23.3 Å². The van der Waals surface area contributed by atoms with Gasteiger partial charge in [0.25, 0.3) is 0 Å². The highest BCUT2D eigenvalue weighted by Crippen LogP contribution is 2.33. The number of halogens is 1. The molecule has 2 N–H and O–H groups in total. The highest BCUT2D eigenvalue weighted by molar-refractivity contribution is 6.30. The molecule has 2 atom stereocenters. The number of ether oxygens (including phenoxy) is 1. The van der Waals surface area contributed by atoms with Gasteiger partial charge in [-0.2, -0.15) is 0 Å². The fourth-order valence-corrected chi connectivity index (χ4v) is 1.85. The van der Waals surface area contributed by atoms with E-state index in [0.29, 0.717) is 5.02 Å². The highest BCUT2D eigenvalue weighted by Gasteiger charge is 2.44. The summed E-state index contributed by atoms with van der Waals surface area (Å²) in [5, 5.41) is 14.0. The molecule has 1 aliphatic rings. The summed E-state index contributed by atoms with van der Waals surface area (Å²) in [5.74, 6) is -2.31.